The summed E-state index contributed by atoms with van der Waals surface area (Å²) in [6.45, 7) is 7.04. The van der Waals surface area contributed by atoms with E-state index < -0.39 is 11.8 Å². The summed E-state index contributed by atoms with van der Waals surface area (Å²) in [4.78, 5) is 31.0. The first-order valence-corrected chi connectivity index (χ1v) is 14.0. The number of piperazine rings is 1. The van der Waals surface area contributed by atoms with Gasteiger partial charge in [0.25, 0.3) is 0 Å². The molecule has 1 aromatic heterocycles. The van der Waals surface area contributed by atoms with Gasteiger partial charge in [0.1, 0.15) is 17.9 Å². The average Bonchev–Trinajstić information content (AvgIpc) is 3.25. The molecule has 1 N–H and O–H groups in total. The summed E-state index contributed by atoms with van der Waals surface area (Å²) in [7, 11) is 4.09. The van der Waals surface area contributed by atoms with E-state index in [0.29, 0.717) is 28.2 Å². The summed E-state index contributed by atoms with van der Waals surface area (Å²) in [5.74, 6) is -0.0157. The lowest BCUT2D eigenvalue weighted by atomic mass is 10.2. The molecule has 0 radical (unpaired) electrons. The zero-order valence-corrected chi connectivity index (χ0v) is 24.4. The van der Waals surface area contributed by atoms with Crippen LogP contribution in [0.1, 0.15) is 33.0 Å². The number of rotatable bonds is 6. The number of carboxylic acids is 1. The summed E-state index contributed by atoms with van der Waals surface area (Å²) in [6.07, 6.45) is 1.97. The number of likely N-dealkylation sites (N-methyl/N-ethyl adjacent to an activating group) is 1. The minimum Gasteiger partial charge on any atom is -0.478 e. The number of hydrogen-bond acceptors (Lipinski definition) is 7. The van der Waals surface area contributed by atoms with Gasteiger partial charge in [-0.15, -0.1) is 0 Å². The number of nitrogens with zero attached hydrogens (tertiary/aromatic N) is 4. The van der Waals surface area contributed by atoms with Crippen molar-refractivity contribution in [2.45, 2.75) is 13.0 Å². The van der Waals surface area contributed by atoms with Crippen LogP contribution in [0.3, 0.4) is 0 Å². The third kappa shape index (κ3) is 8.59. The Kier molecular flexibility index (Phi) is 11.0. The highest BCUT2D eigenvalue weighted by atomic mass is 35.5. The Bertz CT molecular complexity index is 1510. The van der Waals surface area contributed by atoms with Crippen molar-refractivity contribution in [3.63, 3.8) is 0 Å². The molecule has 0 bridgehead atoms. The molecule has 2 aliphatic heterocycles. The predicted octanol–water partition coefficient (Wildman–Crippen LogP) is 5.51. The van der Waals surface area contributed by atoms with E-state index in [1.54, 1.807) is 36.4 Å². The van der Waals surface area contributed by atoms with E-state index in [9.17, 15) is 14.0 Å². The van der Waals surface area contributed by atoms with Gasteiger partial charge >= 0.3 is 5.97 Å². The number of aldehydes is 1. The highest BCUT2D eigenvalue weighted by molar-refractivity contribution is 6.30. The summed E-state index contributed by atoms with van der Waals surface area (Å²) in [6, 6.07) is 15.6. The molecular weight excluding hydrogens is 563 g/mol. The highest BCUT2D eigenvalue weighted by Gasteiger charge is 2.17. The van der Waals surface area contributed by atoms with Gasteiger partial charge in [0.2, 0.25) is 0 Å². The number of hydrogen-bond donors (Lipinski definition) is 1. The molecule has 0 aliphatic carbocycles. The highest BCUT2D eigenvalue weighted by Crippen LogP contribution is 2.27. The largest absolute Gasteiger partial charge is 0.478 e. The standard InChI is InChI=1S/C15H20N4O2.C13H8ClFO2.C3H6O/c1-17-5-7-19(8-6-17)10-14-16-12-4-3-11(15(20)21)9-13(12)18(14)2;14-10-4-5-12(15)13(7-10)17-11-3-1-2-9(6-11)8-16;1-2-4-3-1/h3-4,9H,5-8,10H2,1-2H3,(H,20,21);1-8H;1-3H2. The molecule has 3 aromatic carbocycles. The molecule has 9 nitrogen and oxygen atoms in total. The molecule has 222 valence electrons. The van der Waals surface area contributed by atoms with E-state index in [4.69, 9.17) is 26.2 Å². The first kappa shape index (κ1) is 31.1. The number of carbonyl (C=O) groups is 2. The molecule has 0 spiro atoms. The first-order valence-electron chi connectivity index (χ1n) is 13.6. The third-order valence-electron chi connectivity index (χ3n) is 6.87. The van der Waals surface area contributed by atoms with Crippen LogP contribution in [0.15, 0.2) is 60.7 Å². The third-order valence-corrected chi connectivity index (χ3v) is 7.11. The Labute approximate surface area is 249 Å². The zero-order valence-electron chi connectivity index (χ0n) is 23.6. The zero-order chi connectivity index (χ0) is 30.1. The van der Waals surface area contributed by atoms with E-state index in [1.807, 2.05) is 11.6 Å². The van der Waals surface area contributed by atoms with Crippen LogP contribution >= 0.6 is 11.6 Å². The van der Waals surface area contributed by atoms with Crippen LogP contribution in [0, 0.1) is 5.82 Å². The monoisotopic (exact) mass is 596 g/mol. The maximum Gasteiger partial charge on any atom is 0.335 e. The molecule has 0 saturated carbocycles. The van der Waals surface area contributed by atoms with Gasteiger partial charge in [-0.3, -0.25) is 9.69 Å². The fraction of sp³-hybridized carbons (Fsp3) is 0.323. The van der Waals surface area contributed by atoms with Crippen LogP contribution in [-0.2, 0) is 18.3 Å². The molecule has 3 heterocycles. The number of aromatic nitrogens is 2. The van der Waals surface area contributed by atoms with Crippen LogP contribution in [-0.4, -0.2) is 83.2 Å². The Morgan fingerprint density at radius 3 is 2.43 bits per heavy atom. The Morgan fingerprint density at radius 1 is 1.07 bits per heavy atom. The van der Waals surface area contributed by atoms with E-state index in [1.165, 1.54) is 30.7 Å². The van der Waals surface area contributed by atoms with Crippen molar-refractivity contribution < 1.29 is 28.6 Å². The molecule has 0 atom stereocenters. The average molecular weight is 597 g/mol. The molecule has 2 saturated heterocycles. The van der Waals surface area contributed by atoms with E-state index >= 15 is 0 Å². The number of carbonyl (C=O) groups excluding carboxylic acids is 1. The van der Waals surface area contributed by atoms with Crippen molar-refractivity contribution in [2.24, 2.45) is 7.05 Å². The quantitative estimate of drug-likeness (QED) is 0.291. The molecule has 42 heavy (non-hydrogen) atoms. The molecule has 4 aromatic rings. The number of halogens is 2. The maximum atomic E-state index is 13.4. The smallest absolute Gasteiger partial charge is 0.335 e. The van der Waals surface area contributed by atoms with Crippen LogP contribution in [0.4, 0.5) is 4.39 Å². The van der Waals surface area contributed by atoms with Gasteiger partial charge in [0.05, 0.1) is 23.1 Å². The van der Waals surface area contributed by atoms with Crippen LogP contribution in [0.2, 0.25) is 5.02 Å². The lowest BCUT2D eigenvalue weighted by Gasteiger charge is -2.31. The van der Waals surface area contributed by atoms with Crippen molar-refractivity contribution >= 4 is 34.9 Å². The number of carboxylic acid groups (broad SMARTS) is 1. The molecule has 0 amide bonds. The summed E-state index contributed by atoms with van der Waals surface area (Å²) < 4.78 is 25.4. The fourth-order valence-corrected chi connectivity index (χ4v) is 4.36. The fourth-order valence-electron chi connectivity index (χ4n) is 4.20. The topological polar surface area (TPSA) is 97.1 Å². The van der Waals surface area contributed by atoms with Crippen molar-refractivity contribution in [3.05, 3.63) is 88.5 Å². The number of aryl methyl sites for hydroxylation is 1. The lowest BCUT2D eigenvalue weighted by molar-refractivity contribution is 0.0367. The van der Waals surface area contributed by atoms with Crippen LogP contribution < -0.4 is 4.74 Å². The maximum absolute atomic E-state index is 13.4. The predicted molar refractivity (Wildman–Crippen MR) is 159 cm³/mol. The Balaban J connectivity index is 0.000000173. The van der Waals surface area contributed by atoms with Crippen molar-refractivity contribution in [1.82, 2.24) is 19.4 Å². The second-order valence-corrected chi connectivity index (χ2v) is 10.4. The molecular formula is C31H34ClFN4O5. The molecule has 2 fully saturated rings. The molecule has 11 heteroatoms. The van der Waals surface area contributed by atoms with Gasteiger partial charge in [-0.25, -0.2) is 14.2 Å². The molecule has 6 rings (SSSR count). The minimum absolute atomic E-state index is 0.0283. The lowest BCUT2D eigenvalue weighted by Crippen LogP contribution is -2.44. The number of aromatic carboxylic acids is 1. The van der Waals surface area contributed by atoms with Gasteiger partial charge in [-0.05, 0) is 55.9 Å². The molecule has 2 aliphatic rings. The number of benzene rings is 3. The van der Waals surface area contributed by atoms with E-state index in [-0.39, 0.29) is 5.75 Å². The van der Waals surface area contributed by atoms with Crippen molar-refractivity contribution in [3.8, 4) is 11.5 Å². The molecule has 0 unspecified atom stereocenters. The summed E-state index contributed by atoms with van der Waals surface area (Å²) in [5.41, 5.74) is 2.49. The number of imidazole rings is 1. The normalized spacial score (nSPS) is 15.0. The number of ether oxygens (including phenoxy) is 2. The van der Waals surface area contributed by atoms with Gasteiger partial charge in [0.15, 0.2) is 11.6 Å². The second kappa shape index (κ2) is 14.9. The Hall–Kier alpha value is -3.83. The van der Waals surface area contributed by atoms with Gasteiger partial charge in [-0.2, -0.15) is 0 Å². The first-order chi connectivity index (χ1) is 20.2. The van der Waals surface area contributed by atoms with Gasteiger partial charge < -0.3 is 24.0 Å². The minimum atomic E-state index is -0.904. The van der Waals surface area contributed by atoms with E-state index in [0.717, 1.165) is 62.8 Å². The van der Waals surface area contributed by atoms with E-state index in [2.05, 4.69) is 21.8 Å². The van der Waals surface area contributed by atoms with Crippen molar-refractivity contribution in [2.75, 3.05) is 46.4 Å². The van der Waals surface area contributed by atoms with Gasteiger partial charge in [0, 0.05) is 63.1 Å². The van der Waals surface area contributed by atoms with Crippen LogP contribution in [0.25, 0.3) is 11.0 Å². The van der Waals surface area contributed by atoms with Gasteiger partial charge in [-0.1, -0.05) is 23.7 Å². The van der Waals surface area contributed by atoms with Crippen molar-refractivity contribution in [1.29, 1.82) is 0 Å². The summed E-state index contributed by atoms with van der Waals surface area (Å²) in [5, 5.41) is 9.47. The summed E-state index contributed by atoms with van der Waals surface area (Å²) >= 11 is 5.74. The number of fused-ring (bicyclic) bond motifs is 1. The Morgan fingerprint density at radius 2 is 1.79 bits per heavy atom. The SMILES string of the molecule is C1COC1.CN1CCN(Cc2nc3ccc(C(=O)O)cc3n2C)CC1.O=Cc1cccc(Oc2cc(Cl)ccc2F)c1. The van der Waals surface area contributed by atoms with Crippen LogP contribution in [0.5, 0.6) is 11.5 Å². The second-order valence-electron chi connectivity index (χ2n) is 10.0.